The molecule has 3 heterocycles. The number of aryl methyl sites for hydroxylation is 1. The number of rotatable bonds is 19. The highest BCUT2D eigenvalue weighted by molar-refractivity contribution is 7.50. The number of hydrogen-bond donors (Lipinski definition) is 0. The van der Waals surface area contributed by atoms with Crippen molar-refractivity contribution in [2.45, 2.75) is 116 Å². The smallest absolute Gasteiger partial charge is 0.455 e. The lowest BCUT2D eigenvalue weighted by Gasteiger charge is -2.19. The van der Waals surface area contributed by atoms with Gasteiger partial charge in [0.25, 0.3) is 0 Å². The van der Waals surface area contributed by atoms with Crippen molar-refractivity contribution in [3.8, 4) is 5.75 Å². The van der Waals surface area contributed by atoms with Gasteiger partial charge < -0.3 is 23.0 Å². The number of phosphoric acid groups is 1. The van der Waals surface area contributed by atoms with Gasteiger partial charge in [0.2, 0.25) is 6.29 Å². The Hall–Kier alpha value is -1.81. The second-order valence-corrected chi connectivity index (χ2v) is 10.5. The zero-order valence-corrected chi connectivity index (χ0v) is 21.3. The summed E-state index contributed by atoms with van der Waals surface area (Å²) < 4.78 is 38.5. The fourth-order valence-electron chi connectivity index (χ4n) is 4.06. The Morgan fingerprint density at radius 1 is 0.727 bits per heavy atom. The molecule has 3 aliphatic rings. The fourth-order valence-corrected chi connectivity index (χ4v) is 5.02. The van der Waals surface area contributed by atoms with E-state index in [1.807, 2.05) is 12.1 Å². The third-order valence-corrected chi connectivity index (χ3v) is 7.21. The predicted molar refractivity (Wildman–Crippen MR) is 130 cm³/mol. The number of hydrogen-bond acceptors (Lipinski definition) is 6. The van der Waals surface area contributed by atoms with E-state index in [4.69, 9.17) is 23.0 Å². The highest BCUT2D eigenvalue weighted by Crippen LogP contribution is 2.70. The summed E-state index contributed by atoms with van der Waals surface area (Å²) in [6, 6.07) is 8.23. The fraction of sp³-hybridized carbons (Fsp3) is 0.692. The summed E-state index contributed by atoms with van der Waals surface area (Å²) >= 11 is 0. The Kier molecular flexibility index (Phi) is 10.8. The normalized spacial score (nSPS) is 16.4. The summed E-state index contributed by atoms with van der Waals surface area (Å²) in [5, 5.41) is 0. The number of fused-ring (bicyclic) bond motifs is 1. The number of phosphoric ester groups is 1. The monoisotopic (exact) mass is 480 g/mol. The van der Waals surface area contributed by atoms with Crippen LogP contribution in [0.3, 0.4) is 0 Å². The van der Waals surface area contributed by atoms with Crippen LogP contribution in [0.5, 0.6) is 5.75 Å². The molecule has 0 aliphatic carbocycles. The van der Waals surface area contributed by atoms with Gasteiger partial charge in [0.1, 0.15) is 5.75 Å². The predicted octanol–water partition coefficient (Wildman–Crippen LogP) is 8.76. The van der Waals surface area contributed by atoms with Gasteiger partial charge in [0, 0.05) is 6.42 Å². The minimum Gasteiger partial charge on any atom is -0.455 e. The lowest BCUT2D eigenvalue weighted by molar-refractivity contribution is -0.0803. The molecule has 1 fully saturated rings. The first-order valence-electron chi connectivity index (χ1n) is 13.0. The SMILES string of the molecule is CCCCCCCCCCCCc1ccc(OC(CCCCC)OC2=C3OP(=O)(O2)O3)cc1. The molecule has 33 heavy (non-hydrogen) atoms. The first kappa shape index (κ1) is 25.8. The molecule has 1 aromatic rings. The summed E-state index contributed by atoms with van der Waals surface area (Å²) in [5.41, 5.74) is 1.33. The van der Waals surface area contributed by atoms with Crippen LogP contribution in [0.15, 0.2) is 36.2 Å². The van der Waals surface area contributed by atoms with Gasteiger partial charge in [-0.25, -0.2) is 0 Å². The molecule has 1 unspecified atom stereocenters. The second kappa shape index (κ2) is 13.8. The van der Waals surface area contributed by atoms with Crippen LogP contribution in [-0.4, -0.2) is 6.29 Å². The summed E-state index contributed by atoms with van der Waals surface area (Å²) in [5.74, 6) is 0.819. The molecular weight excluding hydrogens is 439 g/mol. The van der Waals surface area contributed by atoms with Crippen molar-refractivity contribution < 1.29 is 27.6 Å². The zero-order valence-electron chi connectivity index (χ0n) is 20.4. The molecule has 0 spiro atoms. The number of benzene rings is 1. The molecule has 7 heteroatoms. The molecule has 0 N–H and O–H groups in total. The minimum absolute atomic E-state index is 0.0254. The number of unbranched alkanes of at least 4 members (excludes halogenated alkanes) is 11. The maximum atomic E-state index is 11.7. The van der Waals surface area contributed by atoms with Gasteiger partial charge in [0.15, 0.2) is 0 Å². The van der Waals surface area contributed by atoms with Crippen LogP contribution in [0.1, 0.15) is 109 Å². The molecule has 1 atom stereocenters. The molecule has 0 aromatic heterocycles. The Balaban J connectivity index is 1.34. The van der Waals surface area contributed by atoms with E-state index in [0.29, 0.717) is 6.42 Å². The Bertz CT molecular complexity index is 763. The summed E-state index contributed by atoms with van der Waals surface area (Å²) in [4.78, 5) is 0. The van der Waals surface area contributed by atoms with Gasteiger partial charge in [-0.2, -0.15) is 4.57 Å². The van der Waals surface area contributed by atoms with Crippen molar-refractivity contribution in [2.75, 3.05) is 0 Å². The molecule has 6 nitrogen and oxygen atoms in total. The van der Waals surface area contributed by atoms with Gasteiger partial charge in [-0.1, -0.05) is 96.6 Å². The van der Waals surface area contributed by atoms with E-state index in [1.54, 1.807) is 0 Å². The molecule has 4 rings (SSSR count). The molecular formula is C26H41O6P. The molecule has 0 radical (unpaired) electrons. The minimum atomic E-state index is -3.41. The Morgan fingerprint density at radius 2 is 1.30 bits per heavy atom. The van der Waals surface area contributed by atoms with E-state index in [0.717, 1.165) is 31.4 Å². The molecule has 186 valence electrons. The zero-order chi connectivity index (χ0) is 23.4. The maximum absolute atomic E-state index is 11.7. The highest BCUT2D eigenvalue weighted by atomic mass is 31.2. The average Bonchev–Trinajstić information content (AvgIpc) is 3.27. The van der Waals surface area contributed by atoms with Gasteiger partial charge in [-0.15, -0.1) is 0 Å². The van der Waals surface area contributed by atoms with Crippen molar-refractivity contribution in [3.05, 3.63) is 41.7 Å². The lowest BCUT2D eigenvalue weighted by atomic mass is 10.0. The molecule has 0 amide bonds. The van der Waals surface area contributed by atoms with Crippen molar-refractivity contribution in [3.63, 3.8) is 0 Å². The van der Waals surface area contributed by atoms with E-state index < -0.39 is 14.1 Å². The summed E-state index contributed by atoms with van der Waals surface area (Å²) in [6.45, 7) is 4.42. The van der Waals surface area contributed by atoms with E-state index in [1.165, 1.54) is 69.8 Å². The van der Waals surface area contributed by atoms with Gasteiger partial charge in [-0.05, 0) is 37.0 Å². The second-order valence-electron chi connectivity index (χ2n) is 9.03. The van der Waals surface area contributed by atoms with E-state index >= 15 is 0 Å². The first-order chi connectivity index (χ1) is 16.1. The highest BCUT2D eigenvalue weighted by Gasteiger charge is 2.58. The van der Waals surface area contributed by atoms with E-state index in [9.17, 15) is 4.57 Å². The molecule has 1 saturated heterocycles. The van der Waals surface area contributed by atoms with Crippen LogP contribution < -0.4 is 4.74 Å². The lowest BCUT2D eigenvalue weighted by Crippen LogP contribution is -2.20. The van der Waals surface area contributed by atoms with Crippen LogP contribution in [0.2, 0.25) is 0 Å². The number of ether oxygens (including phenoxy) is 2. The van der Waals surface area contributed by atoms with Gasteiger partial charge in [-0.3, -0.25) is 0 Å². The van der Waals surface area contributed by atoms with E-state index in [2.05, 4.69) is 26.0 Å². The van der Waals surface area contributed by atoms with Crippen LogP contribution in [0.4, 0.5) is 0 Å². The van der Waals surface area contributed by atoms with Crippen molar-refractivity contribution in [1.29, 1.82) is 0 Å². The molecule has 0 saturated carbocycles. The van der Waals surface area contributed by atoms with Gasteiger partial charge >= 0.3 is 19.7 Å². The molecule has 1 aromatic carbocycles. The third kappa shape index (κ3) is 8.81. The van der Waals surface area contributed by atoms with Crippen LogP contribution in [0.25, 0.3) is 0 Å². The summed E-state index contributed by atoms with van der Waals surface area (Å²) in [7, 11) is -3.41. The van der Waals surface area contributed by atoms with Crippen LogP contribution in [0, 0.1) is 0 Å². The largest absolute Gasteiger partial charge is 0.654 e. The van der Waals surface area contributed by atoms with Crippen LogP contribution >= 0.6 is 7.82 Å². The van der Waals surface area contributed by atoms with Crippen molar-refractivity contribution in [1.82, 2.24) is 0 Å². The van der Waals surface area contributed by atoms with E-state index in [-0.39, 0.29) is 11.9 Å². The van der Waals surface area contributed by atoms with Crippen LogP contribution in [-0.2, 0) is 29.3 Å². The summed E-state index contributed by atoms with van der Waals surface area (Å²) in [6.07, 6.45) is 17.9. The molecule has 2 bridgehead atoms. The first-order valence-corrected chi connectivity index (χ1v) is 14.4. The topological polar surface area (TPSA) is 63.2 Å². The Labute approximate surface area is 199 Å². The standard InChI is InChI=1S/C26H41O6P/c1-3-5-7-8-9-10-11-12-13-15-16-22-18-20-23(21-19-22)28-24(17-14-6-4-2)29-25-26-31-33(27,30-25)32-26/h18-21,24H,3-17H2,1-2H3. The Morgan fingerprint density at radius 3 is 1.88 bits per heavy atom. The van der Waals surface area contributed by atoms with Crippen molar-refractivity contribution >= 4 is 7.82 Å². The maximum Gasteiger partial charge on any atom is 0.654 e. The average molecular weight is 481 g/mol. The third-order valence-electron chi connectivity index (χ3n) is 6.04. The molecule has 3 aliphatic heterocycles. The van der Waals surface area contributed by atoms with Crippen molar-refractivity contribution in [2.24, 2.45) is 0 Å². The van der Waals surface area contributed by atoms with Gasteiger partial charge in [0.05, 0.1) is 0 Å². The quantitative estimate of drug-likeness (QED) is 0.112.